The summed E-state index contributed by atoms with van der Waals surface area (Å²) in [6.07, 6.45) is 0. The number of aromatic nitrogens is 2. The fourth-order valence-electron chi connectivity index (χ4n) is 1.12. The number of nitrogens with zero attached hydrogens (tertiary/aromatic N) is 2. The molecule has 1 atom stereocenters. The fourth-order valence-corrected chi connectivity index (χ4v) is 1.47. The van der Waals surface area contributed by atoms with Gasteiger partial charge >= 0.3 is 0 Å². The van der Waals surface area contributed by atoms with Crippen molar-refractivity contribution < 1.29 is 0 Å². The molecule has 0 amide bonds. The van der Waals surface area contributed by atoms with E-state index < -0.39 is 0 Å². The Bertz CT molecular complexity index is 296. The number of halogens is 1. The summed E-state index contributed by atoms with van der Waals surface area (Å²) >= 11 is 6.05. The fraction of sp³-hybridized carbons (Fsp3) is 0.700. The van der Waals surface area contributed by atoms with Crippen molar-refractivity contribution in [3.8, 4) is 0 Å². The van der Waals surface area contributed by atoms with Gasteiger partial charge in [-0.1, -0.05) is 32.4 Å². The molecule has 0 spiro atoms. The van der Waals surface area contributed by atoms with Crippen LogP contribution in [0.5, 0.6) is 0 Å². The molecule has 0 aromatic carbocycles. The first-order valence-electron chi connectivity index (χ1n) is 4.54. The molecular formula is C10H17ClN2. The summed E-state index contributed by atoms with van der Waals surface area (Å²) in [5.41, 5.74) is 1.16. The third-order valence-electron chi connectivity index (χ3n) is 2.43. The summed E-state index contributed by atoms with van der Waals surface area (Å²) in [6, 6.07) is 2.21. The lowest BCUT2D eigenvalue weighted by atomic mass is 9.88. The first-order chi connectivity index (χ1) is 5.82. The van der Waals surface area contributed by atoms with Gasteiger partial charge in [0.2, 0.25) is 0 Å². The third-order valence-corrected chi connectivity index (χ3v) is 2.71. The summed E-state index contributed by atoms with van der Waals surface area (Å²) in [6.45, 7) is 10.6. The quantitative estimate of drug-likeness (QED) is 0.679. The van der Waals surface area contributed by atoms with Crippen molar-refractivity contribution in [2.45, 2.75) is 40.7 Å². The molecule has 1 aromatic heterocycles. The van der Waals surface area contributed by atoms with E-state index in [4.69, 9.17) is 11.6 Å². The van der Waals surface area contributed by atoms with E-state index in [1.54, 1.807) is 0 Å². The number of aryl methyl sites for hydroxylation is 1. The normalized spacial score (nSPS) is 14.6. The molecule has 1 aromatic rings. The van der Waals surface area contributed by atoms with Gasteiger partial charge in [0.1, 0.15) is 5.15 Å². The minimum atomic E-state index is 0.183. The largest absolute Gasteiger partial charge is 0.250 e. The Morgan fingerprint density at radius 2 is 2.00 bits per heavy atom. The van der Waals surface area contributed by atoms with Crippen molar-refractivity contribution >= 4 is 11.6 Å². The molecule has 0 aliphatic rings. The molecule has 2 nitrogen and oxygen atoms in total. The monoisotopic (exact) mass is 200 g/mol. The van der Waals surface area contributed by atoms with Gasteiger partial charge in [-0.15, -0.1) is 0 Å². The van der Waals surface area contributed by atoms with E-state index in [0.29, 0.717) is 6.04 Å². The molecule has 74 valence electrons. The number of rotatable bonds is 1. The number of hydrogen-bond acceptors (Lipinski definition) is 1. The second-order valence-electron chi connectivity index (χ2n) is 4.60. The standard InChI is InChI=1S/C10H17ClN2/c1-7-6-9(11)13(12-7)8(2)10(3,4)5/h6,8H,1-5H3. The van der Waals surface area contributed by atoms with Gasteiger partial charge in [0.05, 0.1) is 11.7 Å². The Morgan fingerprint density at radius 1 is 1.46 bits per heavy atom. The molecule has 0 aliphatic carbocycles. The van der Waals surface area contributed by atoms with Crippen LogP contribution in [0.15, 0.2) is 6.07 Å². The average Bonchev–Trinajstić information content (AvgIpc) is 2.26. The van der Waals surface area contributed by atoms with Crippen LogP contribution in [0.1, 0.15) is 39.4 Å². The average molecular weight is 201 g/mol. The van der Waals surface area contributed by atoms with Crippen LogP contribution in [-0.4, -0.2) is 9.78 Å². The van der Waals surface area contributed by atoms with Gasteiger partial charge in [0.15, 0.2) is 0 Å². The minimum Gasteiger partial charge on any atom is -0.250 e. The molecule has 13 heavy (non-hydrogen) atoms. The molecule has 1 rings (SSSR count). The second kappa shape index (κ2) is 3.33. The molecule has 0 saturated carbocycles. The van der Waals surface area contributed by atoms with Crippen molar-refractivity contribution in [2.24, 2.45) is 5.41 Å². The first kappa shape index (κ1) is 10.6. The Balaban J connectivity index is 3.01. The molecule has 0 N–H and O–H groups in total. The Labute approximate surface area is 84.9 Å². The highest BCUT2D eigenvalue weighted by Gasteiger charge is 2.23. The SMILES string of the molecule is Cc1cc(Cl)n(C(C)C(C)(C)C)n1. The molecule has 3 heteroatoms. The summed E-state index contributed by atoms with van der Waals surface area (Å²) in [4.78, 5) is 0. The third kappa shape index (κ3) is 2.25. The van der Waals surface area contributed by atoms with Crippen LogP contribution < -0.4 is 0 Å². The molecule has 1 unspecified atom stereocenters. The Kier molecular flexibility index (Phi) is 2.71. The molecule has 0 bridgehead atoms. The molecule has 0 saturated heterocycles. The van der Waals surface area contributed by atoms with Crippen LogP contribution in [-0.2, 0) is 0 Å². The van der Waals surface area contributed by atoms with Crippen LogP contribution in [0.2, 0.25) is 5.15 Å². The van der Waals surface area contributed by atoms with E-state index >= 15 is 0 Å². The van der Waals surface area contributed by atoms with Crippen LogP contribution in [0.4, 0.5) is 0 Å². The predicted molar refractivity (Wildman–Crippen MR) is 56.1 cm³/mol. The van der Waals surface area contributed by atoms with E-state index in [-0.39, 0.29) is 5.41 Å². The zero-order chi connectivity index (χ0) is 10.2. The molecule has 0 aliphatic heterocycles. The van der Waals surface area contributed by atoms with Gasteiger partial charge in [-0.3, -0.25) is 4.68 Å². The lowest BCUT2D eigenvalue weighted by Gasteiger charge is -2.27. The van der Waals surface area contributed by atoms with E-state index in [1.165, 1.54) is 0 Å². The Hall–Kier alpha value is -0.500. The smallest absolute Gasteiger partial charge is 0.127 e. The lowest BCUT2D eigenvalue weighted by molar-refractivity contribution is 0.244. The van der Waals surface area contributed by atoms with Gasteiger partial charge in [-0.05, 0) is 25.3 Å². The molecular weight excluding hydrogens is 184 g/mol. The van der Waals surface area contributed by atoms with Crippen LogP contribution in [0.3, 0.4) is 0 Å². The predicted octanol–water partition coefficient (Wildman–Crippen LogP) is 3.45. The highest BCUT2D eigenvalue weighted by Crippen LogP contribution is 2.31. The van der Waals surface area contributed by atoms with Gasteiger partial charge in [0, 0.05) is 0 Å². The van der Waals surface area contributed by atoms with Gasteiger partial charge in [0.25, 0.3) is 0 Å². The van der Waals surface area contributed by atoms with Gasteiger partial charge in [-0.2, -0.15) is 5.10 Å². The molecule has 0 radical (unpaired) electrons. The van der Waals surface area contributed by atoms with Crippen LogP contribution in [0.25, 0.3) is 0 Å². The van der Waals surface area contributed by atoms with Crippen molar-refractivity contribution in [3.63, 3.8) is 0 Å². The van der Waals surface area contributed by atoms with Gasteiger partial charge < -0.3 is 0 Å². The summed E-state index contributed by atoms with van der Waals surface area (Å²) < 4.78 is 1.89. The van der Waals surface area contributed by atoms with Gasteiger partial charge in [-0.25, -0.2) is 0 Å². The highest BCUT2D eigenvalue weighted by molar-refractivity contribution is 6.29. The van der Waals surface area contributed by atoms with Crippen molar-refractivity contribution in [1.82, 2.24) is 9.78 Å². The van der Waals surface area contributed by atoms with Crippen LogP contribution in [0, 0.1) is 12.3 Å². The molecule has 1 heterocycles. The summed E-state index contributed by atoms with van der Waals surface area (Å²) in [7, 11) is 0. The maximum Gasteiger partial charge on any atom is 0.127 e. The minimum absolute atomic E-state index is 0.183. The van der Waals surface area contributed by atoms with E-state index in [1.807, 2.05) is 17.7 Å². The van der Waals surface area contributed by atoms with E-state index in [9.17, 15) is 0 Å². The highest BCUT2D eigenvalue weighted by atomic mass is 35.5. The zero-order valence-corrected chi connectivity index (χ0v) is 9.68. The van der Waals surface area contributed by atoms with Crippen molar-refractivity contribution in [2.75, 3.05) is 0 Å². The van der Waals surface area contributed by atoms with Crippen molar-refractivity contribution in [3.05, 3.63) is 16.9 Å². The van der Waals surface area contributed by atoms with E-state index in [0.717, 1.165) is 10.8 Å². The zero-order valence-electron chi connectivity index (χ0n) is 8.93. The first-order valence-corrected chi connectivity index (χ1v) is 4.92. The maximum atomic E-state index is 6.05. The van der Waals surface area contributed by atoms with E-state index in [2.05, 4.69) is 32.8 Å². The lowest BCUT2D eigenvalue weighted by Crippen LogP contribution is -2.22. The Morgan fingerprint density at radius 3 is 2.31 bits per heavy atom. The van der Waals surface area contributed by atoms with Crippen molar-refractivity contribution in [1.29, 1.82) is 0 Å². The molecule has 0 fully saturated rings. The second-order valence-corrected chi connectivity index (χ2v) is 4.98. The summed E-state index contributed by atoms with van der Waals surface area (Å²) in [5.74, 6) is 0. The number of hydrogen-bond donors (Lipinski definition) is 0. The topological polar surface area (TPSA) is 17.8 Å². The maximum absolute atomic E-state index is 6.05. The summed E-state index contributed by atoms with van der Waals surface area (Å²) in [5, 5.41) is 5.08. The van der Waals surface area contributed by atoms with Crippen LogP contribution >= 0.6 is 11.6 Å².